The second-order valence-corrected chi connectivity index (χ2v) is 5.95. The molecule has 0 unspecified atom stereocenters. The van der Waals surface area contributed by atoms with Crippen molar-refractivity contribution in [2.24, 2.45) is 5.92 Å². The summed E-state index contributed by atoms with van der Waals surface area (Å²) < 4.78 is 0. The van der Waals surface area contributed by atoms with Crippen LogP contribution in [0.4, 0.5) is 5.69 Å². The molecule has 2 rings (SSSR count). The van der Waals surface area contributed by atoms with E-state index in [2.05, 4.69) is 32.2 Å². The molecule has 1 N–H and O–H groups in total. The number of anilines is 1. The maximum Gasteiger partial charge on any atom is 0.255 e. The molecular formula is C17H26N2O. The molecule has 1 aliphatic rings. The molecule has 0 atom stereocenters. The zero-order valence-corrected chi connectivity index (χ0v) is 12.9. The van der Waals surface area contributed by atoms with E-state index < -0.39 is 0 Å². The highest BCUT2D eigenvalue weighted by molar-refractivity contribution is 5.99. The highest BCUT2D eigenvalue weighted by Gasteiger charge is 2.23. The van der Waals surface area contributed by atoms with Gasteiger partial charge < -0.3 is 10.2 Å². The fourth-order valence-corrected chi connectivity index (χ4v) is 2.63. The van der Waals surface area contributed by atoms with Crippen LogP contribution in [0.3, 0.4) is 0 Å². The molecule has 1 heterocycles. The summed E-state index contributed by atoms with van der Waals surface area (Å²) in [7, 11) is 0. The second-order valence-electron chi connectivity index (χ2n) is 5.95. The van der Waals surface area contributed by atoms with E-state index in [4.69, 9.17) is 0 Å². The van der Waals surface area contributed by atoms with Gasteiger partial charge in [0, 0.05) is 25.3 Å². The molecule has 1 aromatic rings. The number of amides is 1. The van der Waals surface area contributed by atoms with Crippen LogP contribution in [0.1, 0.15) is 49.0 Å². The van der Waals surface area contributed by atoms with Gasteiger partial charge in [0.2, 0.25) is 0 Å². The standard InChI is InChI=1S/C17H26N2O/c1-4-9-18-16-12-14(3)5-6-15(16)17(20)19-10-7-13(2)8-11-19/h5-6,12-13,18H,4,7-11H2,1-3H3. The molecule has 1 saturated heterocycles. The van der Waals surface area contributed by atoms with E-state index in [1.165, 1.54) is 5.56 Å². The van der Waals surface area contributed by atoms with E-state index in [1.807, 2.05) is 17.0 Å². The molecule has 0 bridgehead atoms. The van der Waals surface area contributed by atoms with E-state index >= 15 is 0 Å². The number of nitrogens with one attached hydrogen (secondary N) is 1. The number of nitrogens with zero attached hydrogens (tertiary/aromatic N) is 1. The molecule has 1 aliphatic heterocycles. The van der Waals surface area contributed by atoms with Crippen LogP contribution in [0.25, 0.3) is 0 Å². The smallest absolute Gasteiger partial charge is 0.255 e. The largest absolute Gasteiger partial charge is 0.384 e. The molecule has 3 heteroatoms. The van der Waals surface area contributed by atoms with E-state index in [0.717, 1.165) is 56.1 Å². The predicted octanol–water partition coefficient (Wildman–Crippen LogP) is 3.69. The molecule has 0 spiro atoms. The number of aryl methyl sites for hydroxylation is 1. The predicted molar refractivity (Wildman–Crippen MR) is 84.3 cm³/mol. The Balaban J connectivity index is 2.16. The van der Waals surface area contributed by atoms with Gasteiger partial charge in [0.15, 0.2) is 0 Å². The summed E-state index contributed by atoms with van der Waals surface area (Å²) in [6, 6.07) is 6.07. The number of rotatable bonds is 4. The number of likely N-dealkylation sites (tertiary alicyclic amines) is 1. The van der Waals surface area contributed by atoms with Gasteiger partial charge in [0.1, 0.15) is 0 Å². The monoisotopic (exact) mass is 274 g/mol. The second kappa shape index (κ2) is 6.78. The topological polar surface area (TPSA) is 32.3 Å². The van der Waals surface area contributed by atoms with Crippen LogP contribution in [0.2, 0.25) is 0 Å². The van der Waals surface area contributed by atoms with Gasteiger partial charge in [0.05, 0.1) is 5.56 Å². The van der Waals surface area contributed by atoms with Crippen LogP contribution in [0, 0.1) is 12.8 Å². The first-order valence-corrected chi connectivity index (χ1v) is 7.75. The Morgan fingerprint density at radius 1 is 1.35 bits per heavy atom. The van der Waals surface area contributed by atoms with Crippen LogP contribution in [-0.4, -0.2) is 30.4 Å². The lowest BCUT2D eigenvalue weighted by atomic mass is 9.98. The van der Waals surface area contributed by atoms with Gasteiger partial charge in [-0.15, -0.1) is 0 Å². The van der Waals surface area contributed by atoms with Gasteiger partial charge in [-0.2, -0.15) is 0 Å². The van der Waals surface area contributed by atoms with Crippen molar-refractivity contribution in [3.63, 3.8) is 0 Å². The number of carbonyl (C=O) groups excluding carboxylic acids is 1. The first-order valence-electron chi connectivity index (χ1n) is 7.75. The Labute approximate surface area is 122 Å². The molecule has 1 amide bonds. The van der Waals surface area contributed by atoms with Crippen molar-refractivity contribution in [1.29, 1.82) is 0 Å². The van der Waals surface area contributed by atoms with Gasteiger partial charge >= 0.3 is 0 Å². The molecule has 3 nitrogen and oxygen atoms in total. The van der Waals surface area contributed by atoms with Gasteiger partial charge in [-0.3, -0.25) is 4.79 Å². The van der Waals surface area contributed by atoms with Gasteiger partial charge in [-0.25, -0.2) is 0 Å². The Kier molecular flexibility index (Phi) is 5.05. The summed E-state index contributed by atoms with van der Waals surface area (Å²) in [5, 5.41) is 3.39. The summed E-state index contributed by atoms with van der Waals surface area (Å²) >= 11 is 0. The van der Waals surface area contributed by atoms with Crippen LogP contribution < -0.4 is 5.32 Å². The molecule has 20 heavy (non-hydrogen) atoms. The fourth-order valence-electron chi connectivity index (χ4n) is 2.63. The van der Waals surface area contributed by atoms with Crippen molar-refractivity contribution in [2.75, 3.05) is 25.0 Å². The normalized spacial score (nSPS) is 16.2. The average molecular weight is 274 g/mol. The lowest BCUT2D eigenvalue weighted by molar-refractivity contribution is 0.0698. The minimum atomic E-state index is 0.176. The third-order valence-corrected chi connectivity index (χ3v) is 4.04. The number of carbonyl (C=O) groups is 1. The SMILES string of the molecule is CCCNc1cc(C)ccc1C(=O)N1CCC(C)CC1. The first kappa shape index (κ1) is 14.9. The summed E-state index contributed by atoms with van der Waals surface area (Å²) in [6.07, 6.45) is 3.30. The highest BCUT2D eigenvalue weighted by atomic mass is 16.2. The zero-order chi connectivity index (χ0) is 14.5. The van der Waals surface area contributed by atoms with Crippen LogP contribution in [-0.2, 0) is 0 Å². The van der Waals surface area contributed by atoms with Gasteiger partial charge in [0.25, 0.3) is 5.91 Å². The summed E-state index contributed by atoms with van der Waals surface area (Å²) in [5.41, 5.74) is 2.99. The van der Waals surface area contributed by atoms with Gasteiger partial charge in [-0.05, 0) is 49.8 Å². The van der Waals surface area contributed by atoms with Crippen LogP contribution in [0.5, 0.6) is 0 Å². The van der Waals surface area contributed by atoms with Crippen LogP contribution >= 0.6 is 0 Å². The highest BCUT2D eigenvalue weighted by Crippen LogP contribution is 2.23. The van der Waals surface area contributed by atoms with Crippen molar-refractivity contribution in [2.45, 2.75) is 40.0 Å². The van der Waals surface area contributed by atoms with Crippen molar-refractivity contribution in [3.05, 3.63) is 29.3 Å². The number of benzene rings is 1. The maximum atomic E-state index is 12.7. The molecule has 0 radical (unpaired) electrons. The third-order valence-electron chi connectivity index (χ3n) is 4.04. The molecule has 1 aromatic carbocycles. The Bertz CT molecular complexity index is 462. The summed E-state index contributed by atoms with van der Waals surface area (Å²) in [6.45, 7) is 9.15. The molecular weight excluding hydrogens is 248 g/mol. The van der Waals surface area contributed by atoms with Crippen molar-refractivity contribution >= 4 is 11.6 Å². The molecule has 0 aliphatic carbocycles. The molecule has 1 fully saturated rings. The lowest BCUT2D eigenvalue weighted by Gasteiger charge is -2.31. The Morgan fingerprint density at radius 3 is 2.70 bits per heavy atom. The molecule has 0 saturated carbocycles. The lowest BCUT2D eigenvalue weighted by Crippen LogP contribution is -2.38. The van der Waals surface area contributed by atoms with Crippen molar-refractivity contribution < 1.29 is 4.79 Å². The van der Waals surface area contributed by atoms with E-state index in [1.54, 1.807) is 0 Å². The van der Waals surface area contributed by atoms with E-state index in [0.29, 0.717) is 0 Å². The average Bonchev–Trinajstić information content (AvgIpc) is 2.45. The minimum absolute atomic E-state index is 0.176. The quantitative estimate of drug-likeness (QED) is 0.908. The van der Waals surface area contributed by atoms with Crippen molar-refractivity contribution in [3.8, 4) is 0 Å². The minimum Gasteiger partial charge on any atom is -0.384 e. The third kappa shape index (κ3) is 3.53. The van der Waals surface area contributed by atoms with E-state index in [9.17, 15) is 4.79 Å². The zero-order valence-electron chi connectivity index (χ0n) is 12.9. The van der Waals surface area contributed by atoms with Crippen molar-refractivity contribution in [1.82, 2.24) is 4.90 Å². The van der Waals surface area contributed by atoms with Crippen LogP contribution in [0.15, 0.2) is 18.2 Å². The van der Waals surface area contributed by atoms with Gasteiger partial charge in [-0.1, -0.05) is 19.9 Å². The first-order chi connectivity index (χ1) is 9.61. The number of hydrogen-bond acceptors (Lipinski definition) is 2. The fraction of sp³-hybridized carbons (Fsp3) is 0.588. The Hall–Kier alpha value is -1.51. The molecule has 110 valence electrons. The summed E-state index contributed by atoms with van der Waals surface area (Å²) in [4.78, 5) is 14.7. The summed E-state index contributed by atoms with van der Waals surface area (Å²) in [5.74, 6) is 0.922. The van der Waals surface area contributed by atoms with E-state index in [-0.39, 0.29) is 5.91 Å². The maximum absolute atomic E-state index is 12.7. The number of hydrogen-bond donors (Lipinski definition) is 1. The Morgan fingerprint density at radius 2 is 2.05 bits per heavy atom. The number of piperidine rings is 1. The molecule has 0 aromatic heterocycles.